The quantitative estimate of drug-likeness (QED) is 0.706. The van der Waals surface area contributed by atoms with Crippen molar-refractivity contribution in [1.82, 2.24) is 10.6 Å². The van der Waals surface area contributed by atoms with Gasteiger partial charge in [0.1, 0.15) is 0 Å². The van der Waals surface area contributed by atoms with Gasteiger partial charge in [-0.2, -0.15) is 0 Å². The van der Waals surface area contributed by atoms with E-state index in [0.29, 0.717) is 6.42 Å². The Kier molecular flexibility index (Phi) is 7.84. The normalized spacial score (nSPS) is 12.1. The topological polar surface area (TPSA) is 58.2 Å². The van der Waals surface area contributed by atoms with Gasteiger partial charge < -0.3 is 10.6 Å². The number of nitrogens with one attached hydrogen (secondary N) is 2. The molecule has 0 saturated heterocycles. The zero-order valence-electron chi connectivity index (χ0n) is 14.1. The summed E-state index contributed by atoms with van der Waals surface area (Å²) in [6.07, 6.45) is 4.56. The predicted molar refractivity (Wildman–Crippen MR) is 83.4 cm³/mol. The van der Waals surface area contributed by atoms with Gasteiger partial charge in [0.05, 0.1) is 0 Å². The number of hydrogen-bond donors (Lipinski definition) is 2. The summed E-state index contributed by atoms with van der Waals surface area (Å²) in [7, 11) is 0. The Morgan fingerprint density at radius 1 is 0.850 bits per heavy atom. The molecule has 0 saturated carbocycles. The molecule has 0 aromatic heterocycles. The highest BCUT2D eigenvalue weighted by atomic mass is 16.2. The van der Waals surface area contributed by atoms with Crippen LogP contribution in [0.1, 0.15) is 73.6 Å². The lowest BCUT2D eigenvalue weighted by Gasteiger charge is -2.20. The number of amides is 2. The first-order chi connectivity index (χ1) is 9.02. The molecule has 0 bridgehead atoms. The summed E-state index contributed by atoms with van der Waals surface area (Å²) in [6.45, 7) is 12.4. The van der Waals surface area contributed by atoms with E-state index in [4.69, 9.17) is 0 Å². The number of rotatable bonds is 7. The van der Waals surface area contributed by atoms with Crippen LogP contribution in [0.5, 0.6) is 0 Å². The zero-order chi connectivity index (χ0) is 15.8. The maximum atomic E-state index is 11.6. The van der Waals surface area contributed by atoms with Crippen LogP contribution in [0.15, 0.2) is 0 Å². The molecule has 0 aromatic carbocycles. The first-order valence-corrected chi connectivity index (χ1v) is 7.62. The molecular weight excluding hydrogens is 252 g/mol. The van der Waals surface area contributed by atoms with E-state index in [1.807, 2.05) is 41.5 Å². The van der Waals surface area contributed by atoms with Crippen LogP contribution in [0, 0.1) is 5.41 Å². The third-order valence-corrected chi connectivity index (χ3v) is 2.81. The lowest BCUT2D eigenvalue weighted by molar-refractivity contribution is -0.128. The number of hydrogen-bond acceptors (Lipinski definition) is 2. The van der Waals surface area contributed by atoms with Crippen molar-refractivity contribution in [2.75, 3.05) is 6.54 Å². The molecule has 20 heavy (non-hydrogen) atoms. The summed E-state index contributed by atoms with van der Waals surface area (Å²) < 4.78 is 0. The average Bonchev–Trinajstić information content (AvgIpc) is 2.23. The minimum Gasteiger partial charge on any atom is -0.356 e. The zero-order valence-corrected chi connectivity index (χ0v) is 14.1. The average molecular weight is 284 g/mol. The maximum absolute atomic E-state index is 11.6. The Hall–Kier alpha value is -1.06. The Morgan fingerprint density at radius 3 is 1.90 bits per heavy atom. The first-order valence-electron chi connectivity index (χ1n) is 7.62. The lowest BCUT2D eigenvalue weighted by atomic mass is 9.96. The van der Waals surface area contributed by atoms with Crippen LogP contribution in [0.2, 0.25) is 0 Å². The monoisotopic (exact) mass is 284 g/mol. The molecule has 4 heteroatoms. The molecule has 0 aromatic rings. The van der Waals surface area contributed by atoms with Crippen molar-refractivity contribution in [2.45, 2.75) is 79.2 Å². The minimum absolute atomic E-state index is 0.0991. The van der Waals surface area contributed by atoms with Gasteiger partial charge in [-0.1, -0.05) is 33.6 Å². The highest BCUT2D eigenvalue weighted by Crippen LogP contribution is 2.12. The molecule has 2 amide bonds. The summed E-state index contributed by atoms with van der Waals surface area (Å²) >= 11 is 0. The van der Waals surface area contributed by atoms with Gasteiger partial charge in [0.15, 0.2) is 0 Å². The standard InChI is InChI=1S/C16H32N2O2/c1-15(2,3)14(20)17-12-10-8-7-9-11-13(19)18-16(4,5)6/h7-12H2,1-6H3,(H,17,20)(H,18,19). The Labute approximate surface area is 124 Å². The first kappa shape index (κ1) is 18.9. The van der Waals surface area contributed by atoms with Crippen molar-refractivity contribution in [3.63, 3.8) is 0 Å². The number of unbranched alkanes of at least 4 members (excludes halogenated alkanes) is 3. The summed E-state index contributed by atoms with van der Waals surface area (Å²) in [5.74, 6) is 0.223. The van der Waals surface area contributed by atoms with E-state index in [2.05, 4.69) is 10.6 Å². The third kappa shape index (κ3) is 10.8. The molecule has 0 radical (unpaired) electrons. The van der Waals surface area contributed by atoms with Crippen LogP contribution in [-0.2, 0) is 9.59 Å². The third-order valence-electron chi connectivity index (χ3n) is 2.81. The molecule has 0 fully saturated rings. The molecule has 0 aliphatic heterocycles. The van der Waals surface area contributed by atoms with Crippen molar-refractivity contribution >= 4 is 11.8 Å². The van der Waals surface area contributed by atoms with Gasteiger partial charge in [0.2, 0.25) is 11.8 Å². The molecule has 2 N–H and O–H groups in total. The van der Waals surface area contributed by atoms with Crippen LogP contribution in [0.3, 0.4) is 0 Å². The Morgan fingerprint density at radius 2 is 1.40 bits per heavy atom. The molecule has 0 atom stereocenters. The molecule has 118 valence electrons. The van der Waals surface area contributed by atoms with E-state index >= 15 is 0 Å². The number of carbonyl (C=O) groups excluding carboxylic acids is 2. The second kappa shape index (κ2) is 8.28. The SMILES string of the molecule is CC(C)(C)NC(=O)CCCCCCNC(=O)C(C)(C)C. The highest BCUT2D eigenvalue weighted by molar-refractivity contribution is 5.81. The summed E-state index contributed by atoms with van der Waals surface area (Å²) in [5, 5.41) is 5.89. The van der Waals surface area contributed by atoms with Gasteiger partial charge in [-0.3, -0.25) is 9.59 Å². The van der Waals surface area contributed by atoms with Gasteiger partial charge in [0.25, 0.3) is 0 Å². The van der Waals surface area contributed by atoms with Crippen LogP contribution < -0.4 is 10.6 Å². The summed E-state index contributed by atoms with van der Waals surface area (Å²) in [4.78, 5) is 23.2. The van der Waals surface area contributed by atoms with Crippen molar-refractivity contribution in [3.8, 4) is 0 Å². The van der Waals surface area contributed by atoms with Gasteiger partial charge in [-0.15, -0.1) is 0 Å². The summed E-state index contributed by atoms with van der Waals surface area (Å²) in [6, 6.07) is 0. The molecular formula is C16H32N2O2. The fourth-order valence-electron chi connectivity index (χ4n) is 1.71. The van der Waals surface area contributed by atoms with Crippen molar-refractivity contribution in [3.05, 3.63) is 0 Å². The van der Waals surface area contributed by atoms with Crippen molar-refractivity contribution < 1.29 is 9.59 Å². The van der Waals surface area contributed by atoms with E-state index in [1.165, 1.54) is 0 Å². The van der Waals surface area contributed by atoms with E-state index in [0.717, 1.165) is 32.2 Å². The minimum atomic E-state index is -0.314. The fraction of sp³-hybridized carbons (Fsp3) is 0.875. The molecule has 0 spiro atoms. The number of carbonyl (C=O) groups is 2. The molecule has 4 nitrogen and oxygen atoms in total. The van der Waals surface area contributed by atoms with Crippen molar-refractivity contribution in [2.24, 2.45) is 5.41 Å². The summed E-state index contributed by atoms with van der Waals surface area (Å²) in [5.41, 5.74) is -0.459. The van der Waals surface area contributed by atoms with Gasteiger partial charge in [-0.25, -0.2) is 0 Å². The van der Waals surface area contributed by atoms with E-state index in [-0.39, 0.29) is 22.8 Å². The highest BCUT2D eigenvalue weighted by Gasteiger charge is 2.20. The van der Waals surface area contributed by atoms with Crippen molar-refractivity contribution in [1.29, 1.82) is 0 Å². The van der Waals surface area contributed by atoms with Gasteiger partial charge in [-0.05, 0) is 33.6 Å². The fourth-order valence-corrected chi connectivity index (χ4v) is 1.71. The molecule has 0 rings (SSSR count). The van der Waals surface area contributed by atoms with E-state index in [1.54, 1.807) is 0 Å². The van der Waals surface area contributed by atoms with Crippen LogP contribution >= 0.6 is 0 Å². The largest absolute Gasteiger partial charge is 0.356 e. The predicted octanol–water partition coefficient (Wildman–Crippen LogP) is 3.01. The van der Waals surface area contributed by atoms with Gasteiger partial charge in [0, 0.05) is 23.9 Å². The Bertz CT molecular complexity index is 311. The Balaban J connectivity index is 3.51. The van der Waals surface area contributed by atoms with Crippen LogP contribution in [-0.4, -0.2) is 23.9 Å². The second-order valence-corrected chi connectivity index (χ2v) is 7.47. The van der Waals surface area contributed by atoms with Crippen LogP contribution in [0.4, 0.5) is 0 Å². The maximum Gasteiger partial charge on any atom is 0.225 e. The lowest BCUT2D eigenvalue weighted by Crippen LogP contribution is -2.40. The molecule has 0 heterocycles. The van der Waals surface area contributed by atoms with Gasteiger partial charge >= 0.3 is 0 Å². The second-order valence-electron chi connectivity index (χ2n) is 7.47. The molecule has 0 aliphatic rings. The smallest absolute Gasteiger partial charge is 0.225 e. The molecule has 0 unspecified atom stereocenters. The van der Waals surface area contributed by atoms with E-state index < -0.39 is 0 Å². The van der Waals surface area contributed by atoms with E-state index in [9.17, 15) is 9.59 Å². The molecule has 0 aliphatic carbocycles. The van der Waals surface area contributed by atoms with Crippen LogP contribution in [0.25, 0.3) is 0 Å².